The van der Waals surface area contributed by atoms with Crippen LogP contribution >= 0.6 is 0 Å². The standard InChI is InChI=1S/C24H20FNO5/c1-13-4-8-16(9-5-13)26-21(19-10-6-14(2)31-19)20(23(28)24(26)29)22(27)17-12-15(25)7-11-18(17)30-3/h4-12,21,27H,1-3H3/b22-20+. The van der Waals surface area contributed by atoms with E-state index in [1.54, 1.807) is 31.2 Å². The van der Waals surface area contributed by atoms with Gasteiger partial charge in [-0.1, -0.05) is 17.7 Å². The van der Waals surface area contributed by atoms with E-state index in [-0.39, 0.29) is 16.9 Å². The van der Waals surface area contributed by atoms with Crippen LogP contribution in [0, 0.1) is 19.7 Å². The van der Waals surface area contributed by atoms with Crippen molar-refractivity contribution in [3.63, 3.8) is 0 Å². The van der Waals surface area contributed by atoms with E-state index in [1.165, 1.54) is 24.1 Å². The van der Waals surface area contributed by atoms with Crippen molar-refractivity contribution in [2.24, 2.45) is 0 Å². The summed E-state index contributed by atoms with van der Waals surface area (Å²) in [6.07, 6.45) is 0. The van der Waals surface area contributed by atoms with Gasteiger partial charge in [0.05, 0.1) is 18.2 Å². The second-order valence-corrected chi connectivity index (χ2v) is 7.30. The number of amides is 1. The molecule has 1 aromatic heterocycles. The SMILES string of the molecule is COc1ccc(F)cc1/C(O)=C1\C(=O)C(=O)N(c2ccc(C)cc2)C1c1ccc(C)o1. The number of anilines is 1. The number of hydrogen-bond acceptors (Lipinski definition) is 5. The average Bonchev–Trinajstić information content (AvgIpc) is 3.29. The van der Waals surface area contributed by atoms with Crippen LogP contribution in [0.3, 0.4) is 0 Å². The molecule has 0 spiro atoms. The number of carbonyl (C=O) groups is 2. The van der Waals surface area contributed by atoms with E-state index in [4.69, 9.17) is 9.15 Å². The maximum Gasteiger partial charge on any atom is 0.300 e. The number of benzene rings is 2. The van der Waals surface area contributed by atoms with Crippen molar-refractivity contribution in [1.82, 2.24) is 0 Å². The van der Waals surface area contributed by atoms with Crippen LogP contribution in [0.1, 0.15) is 28.7 Å². The zero-order chi connectivity index (χ0) is 22.3. The molecule has 1 aliphatic heterocycles. The van der Waals surface area contributed by atoms with Crippen molar-refractivity contribution in [1.29, 1.82) is 0 Å². The average molecular weight is 421 g/mol. The van der Waals surface area contributed by atoms with Gasteiger partial charge in [0.2, 0.25) is 0 Å². The van der Waals surface area contributed by atoms with Gasteiger partial charge in [0, 0.05) is 5.69 Å². The summed E-state index contributed by atoms with van der Waals surface area (Å²) in [6.45, 7) is 3.64. The molecule has 2 aromatic carbocycles. The van der Waals surface area contributed by atoms with Gasteiger partial charge in [-0.3, -0.25) is 14.5 Å². The van der Waals surface area contributed by atoms with Crippen molar-refractivity contribution in [2.75, 3.05) is 12.0 Å². The summed E-state index contributed by atoms with van der Waals surface area (Å²) in [5, 5.41) is 11.1. The first kappa shape index (κ1) is 20.4. The molecule has 0 radical (unpaired) electrons. The van der Waals surface area contributed by atoms with Crippen molar-refractivity contribution < 1.29 is 28.2 Å². The molecule has 1 saturated heterocycles. The molecule has 1 unspecified atom stereocenters. The molecule has 6 nitrogen and oxygen atoms in total. The van der Waals surface area contributed by atoms with Gasteiger partial charge in [-0.25, -0.2) is 4.39 Å². The summed E-state index contributed by atoms with van der Waals surface area (Å²) < 4.78 is 24.9. The van der Waals surface area contributed by atoms with Gasteiger partial charge in [0.25, 0.3) is 11.7 Å². The molecule has 1 aliphatic rings. The number of ether oxygens (including phenoxy) is 1. The molecule has 1 amide bonds. The number of methoxy groups -OCH3 is 1. The number of rotatable bonds is 4. The van der Waals surface area contributed by atoms with Crippen molar-refractivity contribution in [3.8, 4) is 5.75 Å². The smallest absolute Gasteiger partial charge is 0.300 e. The molecule has 2 heterocycles. The largest absolute Gasteiger partial charge is 0.507 e. The molecule has 4 rings (SSSR count). The Bertz CT molecular complexity index is 1210. The lowest BCUT2D eigenvalue weighted by atomic mass is 9.98. The molecule has 0 bridgehead atoms. The Morgan fingerprint density at radius 3 is 2.39 bits per heavy atom. The molecule has 3 aromatic rings. The maximum atomic E-state index is 13.9. The number of ketones is 1. The van der Waals surface area contributed by atoms with Crippen LogP contribution in [0.15, 0.2) is 64.6 Å². The summed E-state index contributed by atoms with van der Waals surface area (Å²) in [4.78, 5) is 27.4. The molecule has 31 heavy (non-hydrogen) atoms. The minimum Gasteiger partial charge on any atom is -0.507 e. The van der Waals surface area contributed by atoms with E-state index in [9.17, 15) is 19.1 Å². The Balaban J connectivity index is 1.97. The first-order valence-electron chi connectivity index (χ1n) is 9.59. The number of nitrogens with zero attached hydrogens (tertiary/aromatic N) is 1. The highest BCUT2D eigenvalue weighted by Crippen LogP contribution is 2.43. The molecule has 0 aliphatic carbocycles. The third-order valence-corrected chi connectivity index (χ3v) is 5.20. The van der Waals surface area contributed by atoms with E-state index >= 15 is 0 Å². The van der Waals surface area contributed by atoms with Gasteiger partial charge < -0.3 is 14.3 Å². The Labute approximate surface area is 178 Å². The molecule has 1 atom stereocenters. The highest BCUT2D eigenvalue weighted by molar-refractivity contribution is 6.51. The second kappa shape index (κ2) is 7.75. The van der Waals surface area contributed by atoms with Crippen molar-refractivity contribution >= 4 is 23.1 Å². The Hall–Kier alpha value is -3.87. The first-order valence-corrected chi connectivity index (χ1v) is 9.59. The number of halogens is 1. The second-order valence-electron chi connectivity index (χ2n) is 7.30. The fourth-order valence-corrected chi connectivity index (χ4v) is 3.68. The molecular formula is C24H20FNO5. The molecule has 1 fully saturated rings. The van der Waals surface area contributed by atoms with Crippen LogP contribution in [0.5, 0.6) is 5.75 Å². The van der Waals surface area contributed by atoms with Gasteiger partial charge in [-0.15, -0.1) is 0 Å². The molecule has 1 N–H and O–H groups in total. The molecule has 0 saturated carbocycles. The summed E-state index contributed by atoms with van der Waals surface area (Å²) in [5.41, 5.74) is 1.22. The quantitative estimate of drug-likeness (QED) is 0.376. The number of aliphatic hydroxyl groups is 1. The lowest BCUT2D eigenvalue weighted by molar-refractivity contribution is -0.132. The number of hydrogen-bond donors (Lipinski definition) is 1. The highest BCUT2D eigenvalue weighted by atomic mass is 19.1. The van der Waals surface area contributed by atoms with Crippen LogP contribution in [-0.4, -0.2) is 23.9 Å². The normalized spacial score (nSPS) is 17.9. The van der Waals surface area contributed by atoms with Crippen molar-refractivity contribution in [3.05, 3.63) is 88.6 Å². The molecule has 7 heteroatoms. The monoisotopic (exact) mass is 421 g/mol. The van der Waals surface area contributed by atoms with E-state index in [2.05, 4.69) is 0 Å². The highest BCUT2D eigenvalue weighted by Gasteiger charge is 2.48. The van der Waals surface area contributed by atoms with Gasteiger partial charge >= 0.3 is 0 Å². The fraction of sp³-hybridized carbons (Fsp3) is 0.167. The van der Waals surface area contributed by atoms with Crippen molar-refractivity contribution in [2.45, 2.75) is 19.9 Å². The lowest BCUT2D eigenvalue weighted by Crippen LogP contribution is -2.29. The van der Waals surface area contributed by atoms with E-state index in [0.717, 1.165) is 11.6 Å². The van der Waals surface area contributed by atoms with Crippen LogP contribution < -0.4 is 9.64 Å². The van der Waals surface area contributed by atoms with E-state index < -0.39 is 29.3 Å². The zero-order valence-electron chi connectivity index (χ0n) is 17.2. The number of Topliss-reactive ketones (excluding diaryl/α,β-unsaturated/α-hetero) is 1. The molecule has 158 valence electrons. The van der Waals surface area contributed by atoms with Gasteiger partial charge in [0.1, 0.15) is 34.9 Å². The first-order chi connectivity index (χ1) is 14.8. The topological polar surface area (TPSA) is 80.0 Å². The number of aliphatic hydroxyl groups excluding tert-OH is 1. The summed E-state index contributed by atoms with van der Waals surface area (Å²) in [6, 6.07) is 12.9. The Morgan fingerprint density at radius 1 is 1.06 bits per heavy atom. The minimum atomic E-state index is -1.02. The predicted molar refractivity (Wildman–Crippen MR) is 112 cm³/mol. The van der Waals surface area contributed by atoms with E-state index in [1.807, 2.05) is 19.1 Å². The summed E-state index contributed by atoms with van der Waals surface area (Å²) in [5.74, 6) is -1.84. The summed E-state index contributed by atoms with van der Waals surface area (Å²) >= 11 is 0. The Morgan fingerprint density at radius 2 is 1.77 bits per heavy atom. The minimum absolute atomic E-state index is 0.0299. The number of furan rings is 1. The third-order valence-electron chi connectivity index (χ3n) is 5.20. The van der Waals surface area contributed by atoms with Gasteiger partial charge in [-0.2, -0.15) is 0 Å². The van der Waals surface area contributed by atoms with Crippen LogP contribution in [0.4, 0.5) is 10.1 Å². The van der Waals surface area contributed by atoms with Gasteiger partial charge in [-0.05, 0) is 56.3 Å². The molecular weight excluding hydrogens is 401 g/mol. The third kappa shape index (κ3) is 3.48. The van der Waals surface area contributed by atoms with Crippen LogP contribution in [0.2, 0.25) is 0 Å². The zero-order valence-corrected chi connectivity index (χ0v) is 17.2. The van der Waals surface area contributed by atoms with E-state index in [0.29, 0.717) is 17.2 Å². The lowest BCUT2D eigenvalue weighted by Gasteiger charge is -2.23. The van der Waals surface area contributed by atoms with Crippen LogP contribution in [-0.2, 0) is 9.59 Å². The Kier molecular flexibility index (Phi) is 5.10. The maximum absolute atomic E-state index is 13.9. The van der Waals surface area contributed by atoms with Gasteiger partial charge in [0.15, 0.2) is 0 Å². The summed E-state index contributed by atoms with van der Waals surface area (Å²) in [7, 11) is 1.36. The number of aryl methyl sites for hydroxylation is 2. The fourth-order valence-electron chi connectivity index (χ4n) is 3.68. The van der Waals surface area contributed by atoms with Crippen LogP contribution in [0.25, 0.3) is 5.76 Å². The predicted octanol–water partition coefficient (Wildman–Crippen LogP) is 4.67. The number of carbonyl (C=O) groups excluding carboxylic acids is 2.